The lowest BCUT2D eigenvalue weighted by Gasteiger charge is -2.32. The molecule has 0 aromatic heterocycles. The van der Waals surface area contributed by atoms with Gasteiger partial charge in [-0.1, -0.05) is 12.1 Å². The van der Waals surface area contributed by atoms with E-state index < -0.39 is 26.7 Å². The maximum atomic E-state index is 13.0. The van der Waals surface area contributed by atoms with Gasteiger partial charge in [0.2, 0.25) is 10.0 Å². The number of nitrogens with zero attached hydrogens (tertiary/aromatic N) is 1. The van der Waals surface area contributed by atoms with E-state index in [1.165, 1.54) is 12.1 Å². The normalized spacial score (nSPS) is 21.4. The number of nitrogens with one attached hydrogen (secondary N) is 1. The fraction of sp³-hybridized carbons (Fsp3) is 0.538. The summed E-state index contributed by atoms with van der Waals surface area (Å²) in [5, 5.41) is 2.97. The largest absolute Gasteiger partial charge is 0.417 e. The molecule has 1 aliphatic rings. The second kappa shape index (κ2) is 5.94. The maximum absolute atomic E-state index is 13.0. The fourth-order valence-corrected chi connectivity index (χ4v) is 4.20. The first-order chi connectivity index (χ1) is 9.76. The molecular weight excluding hydrogens is 305 g/mol. The molecule has 0 amide bonds. The van der Waals surface area contributed by atoms with Crippen LogP contribution in [0.3, 0.4) is 0 Å². The highest BCUT2D eigenvalue weighted by Gasteiger charge is 2.39. The van der Waals surface area contributed by atoms with Crippen LogP contribution in [0.5, 0.6) is 0 Å². The SMILES string of the molecule is CN[C@H]1CCCN(S(=O)(=O)c2ccccc2C(F)(F)F)C1. The van der Waals surface area contributed by atoms with Crippen LogP contribution < -0.4 is 5.32 Å². The minimum atomic E-state index is -4.69. The van der Waals surface area contributed by atoms with E-state index in [1.807, 2.05) is 0 Å². The zero-order chi connectivity index (χ0) is 15.7. The second-order valence-electron chi connectivity index (χ2n) is 4.98. The van der Waals surface area contributed by atoms with Crippen molar-refractivity contribution in [2.75, 3.05) is 20.1 Å². The summed E-state index contributed by atoms with van der Waals surface area (Å²) in [4.78, 5) is -0.672. The standard InChI is InChI=1S/C13H17F3N2O2S/c1-17-10-5-4-8-18(9-10)21(19,20)12-7-3-2-6-11(12)13(14,15)16/h2-3,6-7,10,17H,4-5,8-9H2,1H3/t10-/m0/s1. The summed E-state index contributed by atoms with van der Waals surface area (Å²) in [6.07, 6.45) is -3.26. The molecule has 0 radical (unpaired) electrons. The molecule has 0 saturated carbocycles. The molecule has 1 fully saturated rings. The lowest BCUT2D eigenvalue weighted by Crippen LogP contribution is -2.47. The third-order valence-corrected chi connectivity index (χ3v) is 5.53. The van der Waals surface area contributed by atoms with Crippen molar-refractivity contribution < 1.29 is 21.6 Å². The molecule has 0 bridgehead atoms. The number of likely N-dealkylation sites (N-methyl/N-ethyl adjacent to an activating group) is 1. The van der Waals surface area contributed by atoms with Crippen molar-refractivity contribution >= 4 is 10.0 Å². The van der Waals surface area contributed by atoms with Gasteiger partial charge in [-0.05, 0) is 32.0 Å². The number of rotatable bonds is 3. The van der Waals surface area contributed by atoms with Crippen LogP contribution in [0.4, 0.5) is 13.2 Å². The molecule has 2 rings (SSSR count). The van der Waals surface area contributed by atoms with E-state index >= 15 is 0 Å². The van der Waals surface area contributed by atoms with Gasteiger partial charge in [0.05, 0.1) is 10.5 Å². The van der Waals surface area contributed by atoms with Gasteiger partial charge in [-0.2, -0.15) is 17.5 Å². The van der Waals surface area contributed by atoms with Crippen LogP contribution in [-0.2, 0) is 16.2 Å². The minimum Gasteiger partial charge on any atom is -0.316 e. The Hall–Kier alpha value is -1.12. The first-order valence-electron chi connectivity index (χ1n) is 6.60. The van der Waals surface area contributed by atoms with Gasteiger partial charge >= 0.3 is 6.18 Å². The van der Waals surface area contributed by atoms with Crippen LogP contribution in [0.15, 0.2) is 29.2 Å². The Kier molecular flexibility index (Phi) is 4.60. The first kappa shape index (κ1) is 16.3. The molecule has 1 aromatic rings. The molecule has 0 spiro atoms. The summed E-state index contributed by atoms with van der Waals surface area (Å²) >= 11 is 0. The summed E-state index contributed by atoms with van der Waals surface area (Å²) < 4.78 is 65.1. The molecule has 0 unspecified atom stereocenters. The predicted molar refractivity (Wildman–Crippen MR) is 72.3 cm³/mol. The van der Waals surface area contributed by atoms with E-state index in [0.29, 0.717) is 6.42 Å². The van der Waals surface area contributed by atoms with Crippen molar-refractivity contribution in [3.63, 3.8) is 0 Å². The number of benzene rings is 1. The van der Waals surface area contributed by atoms with Crippen LogP contribution in [0.1, 0.15) is 18.4 Å². The molecule has 1 aromatic carbocycles. The lowest BCUT2D eigenvalue weighted by molar-refractivity contribution is -0.139. The molecule has 1 saturated heterocycles. The van der Waals surface area contributed by atoms with Crippen LogP contribution in [-0.4, -0.2) is 38.9 Å². The number of halogens is 3. The Labute approximate surface area is 122 Å². The quantitative estimate of drug-likeness (QED) is 0.927. The third kappa shape index (κ3) is 3.38. The summed E-state index contributed by atoms with van der Waals surface area (Å²) in [5.74, 6) is 0. The highest BCUT2D eigenvalue weighted by atomic mass is 32.2. The van der Waals surface area contributed by atoms with E-state index in [0.717, 1.165) is 22.9 Å². The summed E-state index contributed by atoms with van der Waals surface area (Å²) in [7, 11) is -2.43. The topological polar surface area (TPSA) is 49.4 Å². The van der Waals surface area contributed by atoms with E-state index in [-0.39, 0.29) is 19.1 Å². The van der Waals surface area contributed by atoms with Gasteiger partial charge in [0, 0.05) is 19.1 Å². The van der Waals surface area contributed by atoms with Gasteiger partial charge < -0.3 is 5.32 Å². The molecule has 4 nitrogen and oxygen atoms in total. The van der Waals surface area contributed by atoms with Gasteiger partial charge in [-0.25, -0.2) is 8.42 Å². The molecule has 0 aliphatic carbocycles. The molecule has 1 aliphatic heterocycles. The van der Waals surface area contributed by atoms with Crippen LogP contribution in [0.2, 0.25) is 0 Å². The van der Waals surface area contributed by atoms with Crippen molar-refractivity contribution in [3.05, 3.63) is 29.8 Å². The van der Waals surface area contributed by atoms with Gasteiger partial charge in [-0.15, -0.1) is 0 Å². The van der Waals surface area contributed by atoms with Gasteiger partial charge in [0.15, 0.2) is 0 Å². The molecular formula is C13H17F3N2O2S. The van der Waals surface area contributed by atoms with Crippen molar-refractivity contribution in [1.82, 2.24) is 9.62 Å². The highest BCUT2D eigenvalue weighted by Crippen LogP contribution is 2.35. The van der Waals surface area contributed by atoms with E-state index in [1.54, 1.807) is 7.05 Å². The van der Waals surface area contributed by atoms with Crippen molar-refractivity contribution in [3.8, 4) is 0 Å². The predicted octanol–water partition coefficient (Wildman–Crippen LogP) is 2.08. The number of hydrogen-bond acceptors (Lipinski definition) is 3. The number of piperidine rings is 1. The molecule has 1 heterocycles. The second-order valence-corrected chi connectivity index (χ2v) is 6.89. The van der Waals surface area contributed by atoms with Crippen molar-refractivity contribution in [1.29, 1.82) is 0 Å². The van der Waals surface area contributed by atoms with Crippen LogP contribution >= 0.6 is 0 Å². The number of hydrogen-bond donors (Lipinski definition) is 1. The lowest BCUT2D eigenvalue weighted by atomic mass is 10.1. The molecule has 118 valence electrons. The summed E-state index contributed by atoms with van der Waals surface area (Å²) in [6, 6.07) is 4.27. The smallest absolute Gasteiger partial charge is 0.316 e. The van der Waals surface area contributed by atoms with Crippen LogP contribution in [0, 0.1) is 0 Å². The van der Waals surface area contributed by atoms with Crippen molar-refractivity contribution in [2.24, 2.45) is 0 Å². The van der Waals surface area contributed by atoms with E-state index in [9.17, 15) is 21.6 Å². The molecule has 21 heavy (non-hydrogen) atoms. The van der Waals surface area contributed by atoms with Gasteiger partial charge in [0.25, 0.3) is 0 Å². The Balaban J connectivity index is 2.41. The maximum Gasteiger partial charge on any atom is 0.417 e. The Morgan fingerprint density at radius 1 is 1.29 bits per heavy atom. The van der Waals surface area contributed by atoms with Gasteiger partial charge in [-0.3, -0.25) is 0 Å². The zero-order valence-corrected chi connectivity index (χ0v) is 12.3. The Morgan fingerprint density at radius 3 is 2.57 bits per heavy atom. The molecule has 8 heteroatoms. The van der Waals surface area contributed by atoms with E-state index in [4.69, 9.17) is 0 Å². The third-order valence-electron chi connectivity index (χ3n) is 3.60. The molecule has 1 atom stereocenters. The summed E-state index contributed by atoms with van der Waals surface area (Å²) in [6.45, 7) is 0.428. The fourth-order valence-electron chi connectivity index (χ4n) is 2.46. The Bertz CT molecular complexity index is 602. The monoisotopic (exact) mass is 322 g/mol. The van der Waals surface area contributed by atoms with Gasteiger partial charge in [0.1, 0.15) is 0 Å². The first-order valence-corrected chi connectivity index (χ1v) is 8.04. The van der Waals surface area contributed by atoms with E-state index in [2.05, 4.69) is 5.32 Å². The minimum absolute atomic E-state index is 0.0356. The van der Waals surface area contributed by atoms with Crippen molar-refractivity contribution in [2.45, 2.75) is 30.0 Å². The summed E-state index contributed by atoms with van der Waals surface area (Å²) in [5.41, 5.74) is -1.11. The molecule has 1 N–H and O–H groups in total. The number of alkyl halides is 3. The zero-order valence-electron chi connectivity index (χ0n) is 11.5. The Morgan fingerprint density at radius 2 is 1.95 bits per heavy atom. The highest BCUT2D eigenvalue weighted by molar-refractivity contribution is 7.89. The number of sulfonamides is 1. The average Bonchev–Trinajstić information content (AvgIpc) is 2.46. The van der Waals surface area contributed by atoms with Crippen LogP contribution in [0.25, 0.3) is 0 Å². The average molecular weight is 322 g/mol.